The monoisotopic (exact) mass is 808 g/mol. The van der Waals surface area contributed by atoms with E-state index in [9.17, 15) is 29.4 Å². The van der Waals surface area contributed by atoms with Gasteiger partial charge < -0.3 is 20.8 Å². The fourth-order valence-corrected chi connectivity index (χ4v) is 8.97. The molecule has 4 aromatic carbocycles. The van der Waals surface area contributed by atoms with Gasteiger partial charge in [-0.15, -0.1) is 45.3 Å². The van der Waals surface area contributed by atoms with Crippen molar-refractivity contribution in [1.82, 2.24) is 9.97 Å². The van der Waals surface area contributed by atoms with Crippen LogP contribution in [0.1, 0.15) is 46.4 Å². The summed E-state index contributed by atoms with van der Waals surface area (Å²) in [7, 11) is 0. The molecule has 0 aliphatic carbocycles. The number of fused-ring (bicyclic) bond motifs is 2. The first-order valence-electron chi connectivity index (χ1n) is 15.9. The van der Waals surface area contributed by atoms with Gasteiger partial charge in [0.25, 0.3) is 11.8 Å². The number of hydrogen-bond donors (Lipinski definition) is 4. The SMILES string of the molecule is Cc1ccc(-c2csc(NC(=O)c3nc4ccccc4s3)c2C(=O)O)cc1.O=C(Nc1scc(-c2ccc(Cl)cc2)c1C(=O)O)c1ccc2scnc2c1. The Morgan fingerprint density at radius 2 is 1.26 bits per heavy atom. The van der Waals surface area contributed by atoms with Crippen molar-refractivity contribution in [3.63, 3.8) is 0 Å². The Morgan fingerprint density at radius 3 is 1.87 bits per heavy atom. The highest BCUT2D eigenvalue weighted by Gasteiger charge is 2.24. The van der Waals surface area contributed by atoms with E-state index < -0.39 is 17.8 Å². The van der Waals surface area contributed by atoms with Gasteiger partial charge in [0, 0.05) is 32.5 Å². The third-order valence-electron chi connectivity index (χ3n) is 8.06. The first-order chi connectivity index (χ1) is 26.0. The Balaban J connectivity index is 0.000000167. The molecule has 8 aromatic rings. The molecule has 4 aromatic heterocycles. The zero-order valence-electron chi connectivity index (χ0n) is 27.8. The molecule has 0 spiro atoms. The van der Waals surface area contributed by atoms with E-state index in [1.165, 1.54) is 45.3 Å². The van der Waals surface area contributed by atoms with Crippen LogP contribution in [0.15, 0.2) is 107 Å². The van der Waals surface area contributed by atoms with Gasteiger partial charge in [0.1, 0.15) is 21.1 Å². The molecule has 8 rings (SSSR count). The third kappa shape index (κ3) is 7.78. The lowest BCUT2D eigenvalue weighted by molar-refractivity contribution is 0.0688. The largest absolute Gasteiger partial charge is 0.478 e. The maximum absolute atomic E-state index is 12.6. The van der Waals surface area contributed by atoms with E-state index in [0.29, 0.717) is 31.7 Å². The molecule has 0 aliphatic heterocycles. The molecule has 0 fully saturated rings. The van der Waals surface area contributed by atoms with Crippen LogP contribution in [0.25, 0.3) is 42.7 Å². The topological polar surface area (TPSA) is 159 Å². The lowest BCUT2D eigenvalue weighted by Gasteiger charge is -2.06. The van der Waals surface area contributed by atoms with Crippen LogP contribution >= 0.6 is 56.9 Å². The molecule has 4 heterocycles. The molecule has 2 amide bonds. The summed E-state index contributed by atoms with van der Waals surface area (Å²) in [5, 5.41) is 29.7. The van der Waals surface area contributed by atoms with Gasteiger partial charge >= 0.3 is 11.9 Å². The quantitative estimate of drug-likeness (QED) is 0.118. The third-order valence-corrected chi connectivity index (χ3v) is 12.0. The molecule has 0 saturated carbocycles. The predicted molar refractivity (Wildman–Crippen MR) is 218 cm³/mol. The van der Waals surface area contributed by atoms with E-state index in [1.807, 2.05) is 61.5 Å². The molecule has 0 unspecified atom stereocenters. The van der Waals surface area contributed by atoms with E-state index in [4.69, 9.17) is 11.6 Å². The van der Waals surface area contributed by atoms with Gasteiger partial charge in [-0.1, -0.05) is 65.7 Å². The van der Waals surface area contributed by atoms with E-state index >= 15 is 0 Å². The smallest absolute Gasteiger partial charge is 0.339 e. The number of benzene rings is 4. The van der Waals surface area contributed by atoms with Crippen LogP contribution in [-0.4, -0.2) is 43.9 Å². The van der Waals surface area contributed by atoms with Gasteiger partial charge in [0.05, 0.1) is 25.9 Å². The van der Waals surface area contributed by atoms with Crippen LogP contribution in [0.5, 0.6) is 0 Å². The van der Waals surface area contributed by atoms with E-state index in [-0.39, 0.29) is 22.0 Å². The highest BCUT2D eigenvalue weighted by Crippen LogP contribution is 2.38. The second-order valence-electron chi connectivity index (χ2n) is 11.6. The Morgan fingerprint density at radius 1 is 0.667 bits per heavy atom. The lowest BCUT2D eigenvalue weighted by Crippen LogP contribution is -2.13. The van der Waals surface area contributed by atoms with Crippen molar-refractivity contribution in [2.45, 2.75) is 6.92 Å². The molecule has 268 valence electrons. The van der Waals surface area contributed by atoms with E-state index in [1.54, 1.807) is 52.7 Å². The number of carboxylic acid groups (broad SMARTS) is 2. The number of para-hydroxylation sites is 1. The van der Waals surface area contributed by atoms with Gasteiger partial charge in [-0.2, -0.15) is 0 Å². The highest BCUT2D eigenvalue weighted by molar-refractivity contribution is 7.20. The average Bonchev–Trinajstić information content (AvgIpc) is 3.98. The highest BCUT2D eigenvalue weighted by atomic mass is 35.5. The lowest BCUT2D eigenvalue weighted by atomic mass is 10.0. The van der Waals surface area contributed by atoms with Crippen molar-refractivity contribution < 1.29 is 29.4 Å². The number of amides is 2. The summed E-state index contributed by atoms with van der Waals surface area (Å²) in [6, 6.07) is 27.2. The first kappa shape index (κ1) is 36.6. The summed E-state index contributed by atoms with van der Waals surface area (Å²) in [5.41, 5.74) is 7.52. The molecule has 15 heteroatoms. The normalized spacial score (nSPS) is 10.9. The number of aryl methyl sites for hydroxylation is 1. The van der Waals surface area contributed by atoms with E-state index in [0.717, 1.165) is 37.1 Å². The van der Waals surface area contributed by atoms with Crippen LogP contribution in [0.3, 0.4) is 0 Å². The minimum absolute atomic E-state index is 0.0606. The minimum Gasteiger partial charge on any atom is -0.478 e. The number of hydrogen-bond acceptors (Lipinski definition) is 10. The number of halogens is 1. The fourth-order valence-electron chi connectivity index (χ4n) is 5.41. The van der Waals surface area contributed by atoms with Gasteiger partial charge in [-0.05, 0) is 60.5 Å². The molecular weight excluding hydrogens is 784 g/mol. The summed E-state index contributed by atoms with van der Waals surface area (Å²) < 4.78 is 1.89. The molecule has 0 radical (unpaired) electrons. The molecule has 4 N–H and O–H groups in total. The van der Waals surface area contributed by atoms with Crippen molar-refractivity contribution in [2.24, 2.45) is 0 Å². The van der Waals surface area contributed by atoms with Gasteiger partial charge in [-0.3, -0.25) is 9.59 Å². The van der Waals surface area contributed by atoms with Crippen molar-refractivity contribution >= 4 is 111 Å². The van der Waals surface area contributed by atoms with Gasteiger partial charge in [0.2, 0.25) is 0 Å². The maximum Gasteiger partial charge on any atom is 0.339 e. The summed E-state index contributed by atoms with van der Waals surface area (Å²) in [5.74, 6) is -2.97. The number of nitrogens with zero attached hydrogens (tertiary/aromatic N) is 2. The first-order valence-corrected chi connectivity index (χ1v) is 19.7. The number of aromatic nitrogens is 2. The molecule has 0 saturated heterocycles. The van der Waals surface area contributed by atoms with Crippen LogP contribution in [0.4, 0.5) is 10.0 Å². The standard InChI is InChI=1S/C20H14N2O3S2.C19H11ClN2O3S2/c1-11-6-8-12(9-7-11)13-10-26-18(16(13)20(24)25)22-17(23)19-21-14-4-2-3-5-15(14)27-19;20-12-4-1-10(2-5-12)13-8-26-18(16(13)19(24)25)22-17(23)11-3-6-15-14(7-11)21-9-27-15/h2-10H,1H3,(H,22,23)(H,24,25);1-9H,(H,22,23)(H,24,25). The molecule has 0 atom stereocenters. The number of thiophene rings is 2. The summed E-state index contributed by atoms with van der Waals surface area (Å²) in [6.45, 7) is 1.97. The van der Waals surface area contributed by atoms with Gasteiger partial charge in [-0.25, -0.2) is 19.6 Å². The molecule has 0 bridgehead atoms. The Bertz CT molecular complexity index is 2550. The number of carboxylic acids is 2. The number of aromatic carboxylic acids is 2. The van der Waals surface area contributed by atoms with Crippen LogP contribution in [0.2, 0.25) is 5.02 Å². The number of rotatable bonds is 8. The maximum atomic E-state index is 12.6. The molecular formula is C39H25ClN4O6S4. The number of thiazole rings is 2. The second-order valence-corrected chi connectivity index (χ2v) is 15.7. The van der Waals surface area contributed by atoms with Crippen molar-refractivity contribution in [1.29, 1.82) is 0 Å². The van der Waals surface area contributed by atoms with Crippen molar-refractivity contribution in [3.05, 3.63) is 140 Å². The minimum atomic E-state index is -1.11. The Kier molecular flexibility index (Phi) is 10.6. The van der Waals surface area contributed by atoms with Crippen molar-refractivity contribution in [3.8, 4) is 22.3 Å². The Labute approximate surface area is 328 Å². The zero-order chi connectivity index (χ0) is 37.9. The number of anilines is 2. The van der Waals surface area contributed by atoms with Crippen LogP contribution in [-0.2, 0) is 0 Å². The molecule has 10 nitrogen and oxygen atoms in total. The van der Waals surface area contributed by atoms with Gasteiger partial charge in [0.15, 0.2) is 5.01 Å². The number of carbonyl (C=O) groups excluding carboxylic acids is 2. The Hall–Kier alpha value is -5.77. The van der Waals surface area contributed by atoms with Crippen LogP contribution in [0, 0.1) is 6.92 Å². The fraction of sp³-hybridized carbons (Fsp3) is 0.0256. The summed E-state index contributed by atoms with van der Waals surface area (Å²) >= 11 is 11.0. The summed E-state index contributed by atoms with van der Waals surface area (Å²) in [6.07, 6.45) is 0. The molecule has 0 aliphatic rings. The number of carbonyl (C=O) groups is 4. The molecule has 54 heavy (non-hydrogen) atoms. The zero-order valence-corrected chi connectivity index (χ0v) is 31.8. The summed E-state index contributed by atoms with van der Waals surface area (Å²) in [4.78, 5) is 57.4. The van der Waals surface area contributed by atoms with Crippen LogP contribution < -0.4 is 10.6 Å². The van der Waals surface area contributed by atoms with Crippen molar-refractivity contribution in [2.75, 3.05) is 10.6 Å². The predicted octanol–water partition coefficient (Wildman–Crippen LogP) is 10.9. The number of nitrogens with one attached hydrogen (secondary N) is 2. The average molecular weight is 809 g/mol. The second kappa shape index (κ2) is 15.7. The van der Waals surface area contributed by atoms with E-state index in [2.05, 4.69) is 20.6 Å².